The molecule has 0 aromatic carbocycles. The van der Waals surface area contributed by atoms with Gasteiger partial charge in [0.25, 0.3) is 0 Å². The summed E-state index contributed by atoms with van der Waals surface area (Å²) in [5.41, 5.74) is 5.92. The summed E-state index contributed by atoms with van der Waals surface area (Å²) < 4.78 is 26.0. The smallest absolute Gasteiger partial charge is 0.244 e. The molecule has 0 amide bonds. The molecule has 0 spiro atoms. The van der Waals surface area contributed by atoms with Crippen LogP contribution in [0.4, 0.5) is 5.82 Å². The molecule has 1 aromatic rings. The van der Waals surface area contributed by atoms with Gasteiger partial charge in [-0.2, -0.15) is 4.31 Å². The number of sulfonamides is 1. The molecule has 2 N–H and O–H groups in total. The van der Waals surface area contributed by atoms with Gasteiger partial charge >= 0.3 is 0 Å². The summed E-state index contributed by atoms with van der Waals surface area (Å²) in [5.74, 6) is 0.582. The van der Waals surface area contributed by atoms with Gasteiger partial charge in [0.05, 0.1) is 0 Å². The highest BCUT2D eigenvalue weighted by Gasteiger charge is 2.21. The fraction of sp³-hybridized carbons (Fsp3) is 0.615. The lowest BCUT2D eigenvalue weighted by atomic mass is 10.1. The highest BCUT2D eigenvalue weighted by molar-refractivity contribution is 7.89. The van der Waals surface area contributed by atoms with E-state index in [9.17, 15) is 8.42 Å². The van der Waals surface area contributed by atoms with Gasteiger partial charge in [-0.05, 0) is 32.9 Å². The highest BCUT2D eigenvalue weighted by atomic mass is 32.2. The number of nitrogens with one attached hydrogen (secondary N) is 2. The molecule has 0 aliphatic heterocycles. The van der Waals surface area contributed by atoms with E-state index in [1.54, 1.807) is 12.1 Å². The van der Waals surface area contributed by atoms with Gasteiger partial charge in [-0.25, -0.2) is 18.8 Å². The molecule has 0 fully saturated rings. The van der Waals surface area contributed by atoms with Gasteiger partial charge in [0.1, 0.15) is 10.7 Å². The Morgan fingerprint density at radius 2 is 1.80 bits per heavy atom. The minimum atomic E-state index is -3.44. The zero-order chi connectivity index (χ0) is 15.4. The van der Waals surface area contributed by atoms with Gasteiger partial charge in [0, 0.05) is 24.8 Å². The van der Waals surface area contributed by atoms with Gasteiger partial charge in [-0.3, -0.25) is 0 Å². The average molecular weight is 300 g/mol. The van der Waals surface area contributed by atoms with Crippen LogP contribution in [0.5, 0.6) is 0 Å². The molecule has 0 unspecified atom stereocenters. The van der Waals surface area contributed by atoms with Gasteiger partial charge in [-0.1, -0.05) is 13.8 Å². The summed E-state index contributed by atoms with van der Waals surface area (Å²) >= 11 is 0. The van der Waals surface area contributed by atoms with Crippen LogP contribution in [0.2, 0.25) is 0 Å². The molecular weight excluding hydrogens is 276 g/mol. The maximum absolute atomic E-state index is 12.3. The highest BCUT2D eigenvalue weighted by Crippen LogP contribution is 2.15. The topological polar surface area (TPSA) is 74.3 Å². The van der Waals surface area contributed by atoms with Crippen LogP contribution in [0.3, 0.4) is 0 Å². The van der Waals surface area contributed by atoms with E-state index in [1.807, 2.05) is 34.6 Å². The van der Waals surface area contributed by atoms with Crippen molar-refractivity contribution in [3.63, 3.8) is 0 Å². The average Bonchev–Trinajstić information content (AvgIpc) is 2.37. The molecule has 6 nitrogen and oxygen atoms in total. The normalized spacial score (nSPS) is 12.7. The maximum atomic E-state index is 12.3. The first-order chi connectivity index (χ1) is 9.20. The second-order valence-corrected chi connectivity index (χ2v) is 7.41. The molecule has 7 heteroatoms. The molecule has 20 heavy (non-hydrogen) atoms. The predicted octanol–water partition coefficient (Wildman–Crippen LogP) is 1.83. The third kappa shape index (κ3) is 4.43. The molecule has 1 heterocycles. The van der Waals surface area contributed by atoms with Crippen LogP contribution in [-0.2, 0) is 10.0 Å². The van der Waals surface area contributed by atoms with Crippen LogP contribution in [0.15, 0.2) is 23.2 Å². The van der Waals surface area contributed by atoms with Gasteiger partial charge in [0.15, 0.2) is 0 Å². The molecule has 0 aliphatic rings. The lowest BCUT2D eigenvalue weighted by Gasteiger charge is -2.21. The molecule has 0 bridgehead atoms. The van der Waals surface area contributed by atoms with Crippen molar-refractivity contribution in [2.24, 2.45) is 0 Å². The van der Waals surface area contributed by atoms with Crippen LogP contribution in [0.1, 0.15) is 34.6 Å². The van der Waals surface area contributed by atoms with E-state index in [0.29, 0.717) is 18.9 Å². The third-order valence-corrected chi connectivity index (χ3v) is 4.68. The van der Waals surface area contributed by atoms with Crippen molar-refractivity contribution in [3.8, 4) is 0 Å². The van der Waals surface area contributed by atoms with Crippen LogP contribution in [-0.4, -0.2) is 36.3 Å². The maximum Gasteiger partial charge on any atom is 0.244 e. The second kappa shape index (κ2) is 6.51. The molecule has 114 valence electrons. The number of hydrazine groups is 1. The van der Waals surface area contributed by atoms with E-state index in [0.717, 1.165) is 0 Å². The van der Waals surface area contributed by atoms with Crippen molar-refractivity contribution < 1.29 is 8.42 Å². The van der Waals surface area contributed by atoms with Crippen LogP contribution in [0.25, 0.3) is 0 Å². The Balaban J connectivity index is 2.86. The first-order valence-corrected chi connectivity index (χ1v) is 8.14. The molecule has 0 saturated heterocycles. The molecule has 0 radical (unpaired) electrons. The van der Waals surface area contributed by atoms with E-state index < -0.39 is 10.0 Å². The lowest BCUT2D eigenvalue weighted by Crippen LogP contribution is -2.40. The third-order valence-electron chi connectivity index (χ3n) is 2.65. The summed E-state index contributed by atoms with van der Waals surface area (Å²) in [5, 5.41) is 0. The van der Waals surface area contributed by atoms with Crippen LogP contribution < -0.4 is 10.9 Å². The summed E-state index contributed by atoms with van der Waals surface area (Å²) in [6.07, 6.45) is 1.38. The Morgan fingerprint density at radius 3 is 2.20 bits per heavy atom. The fourth-order valence-electron chi connectivity index (χ4n) is 1.57. The number of pyridine rings is 1. The largest absolute Gasteiger partial charge is 0.305 e. The predicted molar refractivity (Wildman–Crippen MR) is 80.9 cm³/mol. The van der Waals surface area contributed by atoms with Crippen molar-refractivity contribution in [1.82, 2.24) is 14.7 Å². The zero-order valence-corrected chi connectivity index (χ0v) is 13.6. The molecule has 1 rings (SSSR count). The summed E-state index contributed by atoms with van der Waals surface area (Å²) in [4.78, 5) is 4.33. The first kappa shape index (κ1) is 16.9. The Labute approximate surface area is 121 Å². The molecule has 0 aliphatic carbocycles. The van der Waals surface area contributed by atoms with Crippen molar-refractivity contribution >= 4 is 15.8 Å². The van der Waals surface area contributed by atoms with Gasteiger partial charge in [0.2, 0.25) is 10.0 Å². The quantitative estimate of drug-likeness (QED) is 0.784. The fourth-order valence-corrected chi connectivity index (χ4v) is 2.97. The Morgan fingerprint density at radius 1 is 1.20 bits per heavy atom. The lowest BCUT2D eigenvalue weighted by molar-refractivity contribution is 0.445. The minimum Gasteiger partial charge on any atom is -0.305 e. The summed E-state index contributed by atoms with van der Waals surface area (Å²) in [7, 11) is -3.44. The van der Waals surface area contributed by atoms with Crippen molar-refractivity contribution in [3.05, 3.63) is 18.3 Å². The Kier molecular flexibility index (Phi) is 5.50. The minimum absolute atomic E-state index is 0.104. The molecular formula is C13H24N4O2S. The van der Waals surface area contributed by atoms with E-state index in [4.69, 9.17) is 0 Å². The molecule has 1 aromatic heterocycles. The van der Waals surface area contributed by atoms with Crippen molar-refractivity contribution in [2.45, 2.75) is 45.1 Å². The molecule has 0 atom stereocenters. The van der Waals surface area contributed by atoms with E-state index in [2.05, 4.69) is 15.8 Å². The Hall–Kier alpha value is -1.18. The second-order valence-electron chi connectivity index (χ2n) is 5.47. The Bertz CT molecular complexity index is 516. The zero-order valence-electron chi connectivity index (χ0n) is 12.8. The number of rotatable bonds is 6. The van der Waals surface area contributed by atoms with Gasteiger partial charge in [-0.15, -0.1) is 0 Å². The number of nitrogens with zero attached hydrogens (tertiary/aromatic N) is 2. The van der Waals surface area contributed by atoms with E-state index in [-0.39, 0.29) is 10.4 Å². The summed E-state index contributed by atoms with van der Waals surface area (Å²) in [6.45, 7) is 10.6. The number of hydrogen-bond acceptors (Lipinski definition) is 5. The van der Waals surface area contributed by atoms with Crippen molar-refractivity contribution in [1.29, 1.82) is 0 Å². The van der Waals surface area contributed by atoms with Gasteiger partial charge < -0.3 is 5.43 Å². The first-order valence-electron chi connectivity index (χ1n) is 6.70. The summed E-state index contributed by atoms with van der Waals surface area (Å²) in [6, 6.07) is 3.21. The van der Waals surface area contributed by atoms with E-state index in [1.165, 1.54) is 10.5 Å². The van der Waals surface area contributed by atoms with Crippen molar-refractivity contribution in [2.75, 3.05) is 18.5 Å². The van der Waals surface area contributed by atoms with Crippen LogP contribution >= 0.6 is 0 Å². The number of hydrogen-bond donors (Lipinski definition) is 2. The number of aromatic nitrogens is 1. The van der Waals surface area contributed by atoms with E-state index >= 15 is 0 Å². The SMILES string of the molecule is CCN(CC)S(=O)(=O)c1ccc(NNC(C)(C)C)nc1. The monoisotopic (exact) mass is 300 g/mol. The number of anilines is 1. The van der Waals surface area contributed by atoms with Crippen LogP contribution in [0, 0.1) is 0 Å². The molecule has 0 saturated carbocycles. The standard InChI is InChI=1S/C13H24N4O2S/c1-6-17(7-2)20(18,19)11-8-9-12(14-10-11)15-16-13(3,4)5/h8-10,16H,6-7H2,1-5H3,(H,14,15).